The maximum atomic E-state index is 12.8. The van der Waals surface area contributed by atoms with Gasteiger partial charge >= 0.3 is 17.9 Å². The van der Waals surface area contributed by atoms with Crippen LogP contribution in [0.15, 0.2) is 109 Å². The summed E-state index contributed by atoms with van der Waals surface area (Å²) < 4.78 is 16.8. The minimum absolute atomic E-state index is 0.0985. The van der Waals surface area contributed by atoms with E-state index >= 15 is 0 Å². The minimum Gasteiger partial charge on any atom is -0.462 e. The van der Waals surface area contributed by atoms with Gasteiger partial charge in [-0.15, -0.1) is 0 Å². The van der Waals surface area contributed by atoms with Crippen LogP contribution in [0.2, 0.25) is 0 Å². The van der Waals surface area contributed by atoms with E-state index in [9.17, 15) is 14.4 Å². The van der Waals surface area contributed by atoms with Crippen LogP contribution >= 0.6 is 0 Å². The second kappa shape index (κ2) is 56.7. The molecule has 0 bridgehead atoms. The average Bonchev–Trinajstić information content (AvgIpc) is 3.35. The van der Waals surface area contributed by atoms with E-state index in [2.05, 4.69) is 130 Å². The molecule has 0 spiro atoms. The SMILES string of the molecule is CC/C=C\C/C=C\C/C=C\C/C=C\C/C=C\CCCCCC(=O)OC[C@H](COC(=O)CCCCCCCCCCCCCCCCC)OC(=O)CCCCCC/C=C\C/C=C\C/C=C\C/C=C\CC. The van der Waals surface area contributed by atoms with Gasteiger partial charge in [-0.1, -0.05) is 239 Å². The van der Waals surface area contributed by atoms with Gasteiger partial charge in [-0.3, -0.25) is 14.4 Å². The van der Waals surface area contributed by atoms with Crippen LogP contribution in [0.4, 0.5) is 0 Å². The molecule has 1 atom stereocenters. The van der Waals surface area contributed by atoms with Gasteiger partial charge in [0.1, 0.15) is 13.2 Å². The summed E-state index contributed by atoms with van der Waals surface area (Å²) in [7, 11) is 0. The molecule has 0 aromatic rings. The zero-order chi connectivity index (χ0) is 50.0. The second-order valence-corrected chi connectivity index (χ2v) is 18.4. The summed E-state index contributed by atoms with van der Waals surface area (Å²) >= 11 is 0. The number of hydrogen-bond acceptors (Lipinski definition) is 6. The largest absolute Gasteiger partial charge is 0.462 e. The van der Waals surface area contributed by atoms with Gasteiger partial charge in [0.15, 0.2) is 6.10 Å². The predicted molar refractivity (Wildman–Crippen MR) is 297 cm³/mol. The van der Waals surface area contributed by atoms with Crippen LogP contribution in [0.25, 0.3) is 0 Å². The summed E-state index contributed by atoms with van der Waals surface area (Å²) in [6.45, 7) is 6.37. The quantitative estimate of drug-likeness (QED) is 0.0262. The summed E-state index contributed by atoms with van der Waals surface area (Å²) in [4.78, 5) is 38.2. The Morgan fingerprint density at radius 1 is 0.304 bits per heavy atom. The van der Waals surface area contributed by atoms with Gasteiger partial charge < -0.3 is 14.2 Å². The molecular weight excluding hydrogens is 853 g/mol. The van der Waals surface area contributed by atoms with Gasteiger partial charge in [0, 0.05) is 19.3 Å². The molecule has 0 saturated carbocycles. The first-order valence-electron chi connectivity index (χ1n) is 28.4. The van der Waals surface area contributed by atoms with Gasteiger partial charge in [0.05, 0.1) is 0 Å². The lowest BCUT2D eigenvalue weighted by atomic mass is 10.0. The second-order valence-electron chi connectivity index (χ2n) is 18.4. The smallest absolute Gasteiger partial charge is 0.306 e. The molecule has 0 unspecified atom stereocenters. The topological polar surface area (TPSA) is 78.9 Å². The molecule has 6 nitrogen and oxygen atoms in total. The zero-order valence-corrected chi connectivity index (χ0v) is 44.8. The highest BCUT2D eigenvalue weighted by Gasteiger charge is 2.19. The normalized spacial score (nSPS) is 12.9. The third kappa shape index (κ3) is 54.9. The third-order valence-electron chi connectivity index (χ3n) is 11.8. The van der Waals surface area contributed by atoms with Crippen molar-refractivity contribution in [2.45, 2.75) is 258 Å². The first-order chi connectivity index (χ1) is 34.0. The maximum absolute atomic E-state index is 12.8. The molecule has 0 N–H and O–H groups in total. The fraction of sp³-hybridized carbons (Fsp3) is 0.667. The van der Waals surface area contributed by atoms with E-state index < -0.39 is 6.10 Å². The van der Waals surface area contributed by atoms with Crippen LogP contribution in [0.1, 0.15) is 252 Å². The molecule has 6 heteroatoms. The fourth-order valence-electron chi connectivity index (χ4n) is 7.58. The monoisotopic (exact) mass is 957 g/mol. The van der Waals surface area contributed by atoms with Gasteiger partial charge in [-0.05, 0) is 103 Å². The van der Waals surface area contributed by atoms with Crippen LogP contribution in [-0.2, 0) is 28.6 Å². The number of rotatable bonds is 50. The van der Waals surface area contributed by atoms with Crippen molar-refractivity contribution in [1.82, 2.24) is 0 Å². The molecule has 0 fully saturated rings. The number of carbonyl (C=O) groups excluding carboxylic acids is 3. The Bertz CT molecular complexity index is 1420. The Balaban J connectivity index is 4.50. The van der Waals surface area contributed by atoms with Crippen LogP contribution in [0.5, 0.6) is 0 Å². The molecule has 0 aliphatic heterocycles. The molecule has 0 aliphatic rings. The van der Waals surface area contributed by atoms with E-state index in [1.165, 1.54) is 77.0 Å². The van der Waals surface area contributed by atoms with Crippen molar-refractivity contribution in [3.8, 4) is 0 Å². The Kier molecular flexibility index (Phi) is 53.4. The molecule has 0 heterocycles. The van der Waals surface area contributed by atoms with Crippen molar-refractivity contribution < 1.29 is 28.6 Å². The number of hydrogen-bond donors (Lipinski definition) is 0. The van der Waals surface area contributed by atoms with Crippen LogP contribution in [0, 0.1) is 0 Å². The zero-order valence-electron chi connectivity index (χ0n) is 44.8. The minimum atomic E-state index is -0.806. The standard InChI is InChI=1S/C63H104O6/c1-4-7-10-13-16-19-22-25-28-30-31-33-35-38-41-44-47-50-53-56-62(65)68-59-60(58-67-61(64)55-52-49-46-43-40-37-34-27-24-21-18-15-12-9-6-3)69-63(66)57-54-51-48-45-42-39-36-32-29-26-23-20-17-14-11-8-5-2/h7-8,10-11,16-17,19-20,25-26,28-29,31,33,36,38-39,41,60H,4-6,9,12-15,18,21-24,27,30,32,34-35,37,40,42-59H2,1-3H3/b10-7-,11-8-,19-16-,20-17-,28-25-,29-26-,33-31-,39-36-,41-38-/t60-/m0/s1. The number of carbonyl (C=O) groups is 3. The molecule has 0 amide bonds. The maximum Gasteiger partial charge on any atom is 0.306 e. The number of ether oxygens (including phenoxy) is 3. The summed E-state index contributed by atoms with van der Waals surface area (Å²) in [5, 5.41) is 0. The molecule has 0 aliphatic carbocycles. The molecular formula is C63H104O6. The lowest BCUT2D eigenvalue weighted by molar-refractivity contribution is -0.167. The van der Waals surface area contributed by atoms with Crippen molar-refractivity contribution in [3.05, 3.63) is 109 Å². The Morgan fingerprint density at radius 3 is 0.899 bits per heavy atom. The average molecular weight is 958 g/mol. The van der Waals surface area contributed by atoms with Crippen LogP contribution in [-0.4, -0.2) is 37.2 Å². The van der Waals surface area contributed by atoms with Crippen LogP contribution < -0.4 is 0 Å². The van der Waals surface area contributed by atoms with Gasteiger partial charge in [-0.25, -0.2) is 0 Å². The highest BCUT2D eigenvalue weighted by Crippen LogP contribution is 2.15. The third-order valence-corrected chi connectivity index (χ3v) is 11.8. The van der Waals surface area contributed by atoms with Crippen molar-refractivity contribution in [1.29, 1.82) is 0 Å². The van der Waals surface area contributed by atoms with E-state index in [0.29, 0.717) is 19.3 Å². The molecule has 0 aromatic heterocycles. The number of allylic oxidation sites excluding steroid dienone is 18. The molecule has 69 heavy (non-hydrogen) atoms. The Morgan fingerprint density at radius 2 is 0.565 bits per heavy atom. The van der Waals surface area contributed by atoms with Crippen molar-refractivity contribution >= 4 is 17.9 Å². The summed E-state index contributed by atoms with van der Waals surface area (Å²) in [5.74, 6) is -0.954. The molecule has 0 radical (unpaired) electrons. The first kappa shape index (κ1) is 65.1. The summed E-state index contributed by atoms with van der Waals surface area (Å²) in [6.07, 6.45) is 76.4. The van der Waals surface area contributed by atoms with Gasteiger partial charge in [0.2, 0.25) is 0 Å². The van der Waals surface area contributed by atoms with Crippen molar-refractivity contribution in [3.63, 3.8) is 0 Å². The van der Waals surface area contributed by atoms with Gasteiger partial charge in [-0.2, -0.15) is 0 Å². The lowest BCUT2D eigenvalue weighted by Crippen LogP contribution is -2.30. The first-order valence-corrected chi connectivity index (χ1v) is 28.4. The van der Waals surface area contributed by atoms with Gasteiger partial charge in [0.25, 0.3) is 0 Å². The number of unbranched alkanes of at least 4 members (excludes halogenated alkanes) is 21. The lowest BCUT2D eigenvalue weighted by Gasteiger charge is -2.18. The molecule has 0 rings (SSSR count). The van der Waals surface area contributed by atoms with E-state index in [1.54, 1.807) is 0 Å². The van der Waals surface area contributed by atoms with E-state index in [0.717, 1.165) is 135 Å². The highest BCUT2D eigenvalue weighted by molar-refractivity contribution is 5.71. The Hall–Kier alpha value is -3.93. The van der Waals surface area contributed by atoms with E-state index in [4.69, 9.17) is 14.2 Å². The Labute approximate surface area is 425 Å². The van der Waals surface area contributed by atoms with E-state index in [-0.39, 0.29) is 31.1 Å². The number of esters is 3. The van der Waals surface area contributed by atoms with E-state index in [1.807, 2.05) is 0 Å². The summed E-state index contributed by atoms with van der Waals surface area (Å²) in [5.41, 5.74) is 0. The predicted octanol–water partition coefficient (Wildman–Crippen LogP) is 19.1. The molecule has 0 saturated heterocycles. The molecule has 392 valence electrons. The highest BCUT2D eigenvalue weighted by atomic mass is 16.6. The fourth-order valence-corrected chi connectivity index (χ4v) is 7.58. The van der Waals surface area contributed by atoms with Crippen molar-refractivity contribution in [2.75, 3.05) is 13.2 Å². The van der Waals surface area contributed by atoms with Crippen molar-refractivity contribution in [2.24, 2.45) is 0 Å². The summed E-state index contributed by atoms with van der Waals surface area (Å²) in [6, 6.07) is 0. The molecule has 0 aromatic carbocycles. The van der Waals surface area contributed by atoms with Crippen LogP contribution in [0.3, 0.4) is 0 Å².